The van der Waals surface area contributed by atoms with Crippen LogP contribution in [0.25, 0.3) is 77.3 Å². The second-order valence-electron chi connectivity index (χ2n) is 13.9. The lowest BCUT2D eigenvalue weighted by Crippen LogP contribution is -2.26. The molecule has 0 saturated heterocycles. The van der Waals surface area contributed by atoms with Crippen molar-refractivity contribution in [3.8, 4) is 77.3 Å². The highest BCUT2D eigenvalue weighted by Crippen LogP contribution is 2.67. The molecule has 0 bridgehead atoms. The summed E-state index contributed by atoms with van der Waals surface area (Å²) in [6.45, 7) is 0. The summed E-state index contributed by atoms with van der Waals surface area (Å²) in [7, 11) is 0. The maximum Gasteiger partial charge on any atom is 0.164 e. The van der Waals surface area contributed by atoms with Gasteiger partial charge < -0.3 is 0 Å². The Labute approximate surface area is 318 Å². The number of aromatic nitrogens is 3. The first-order valence-corrected chi connectivity index (χ1v) is 19.1. The van der Waals surface area contributed by atoms with Gasteiger partial charge >= 0.3 is 0 Å². The maximum absolute atomic E-state index is 5.02. The molecule has 4 heteroatoms. The fraction of sp³-hybridized carbons (Fsp3) is 0.0200. The van der Waals surface area contributed by atoms with Crippen LogP contribution in [0.1, 0.15) is 22.3 Å². The van der Waals surface area contributed by atoms with E-state index in [1.165, 1.54) is 65.4 Å². The van der Waals surface area contributed by atoms with E-state index in [0.717, 1.165) is 16.7 Å². The fourth-order valence-corrected chi connectivity index (χ4v) is 10.1. The molecule has 0 aliphatic heterocycles. The van der Waals surface area contributed by atoms with Crippen LogP contribution in [0.5, 0.6) is 0 Å². The van der Waals surface area contributed by atoms with Gasteiger partial charge in [0.15, 0.2) is 17.5 Å². The van der Waals surface area contributed by atoms with Gasteiger partial charge in [0.2, 0.25) is 0 Å². The Kier molecular flexibility index (Phi) is 6.94. The largest absolute Gasteiger partial charge is 0.208 e. The van der Waals surface area contributed by atoms with E-state index >= 15 is 0 Å². The Morgan fingerprint density at radius 3 is 1.17 bits per heavy atom. The first kappa shape index (κ1) is 30.8. The number of fused-ring (bicyclic) bond motifs is 10. The molecule has 252 valence electrons. The van der Waals surface area contributed by atoms with Gasteiger partial charge in [0, 0.05) is 32.0 Å². The molecule has 2 aromatic heterocycles. The molecular weight excluding hydrogens is 675 g/mol. The van der Waals surface area contributed by atoms with Gasteiger partial charge in [-0.25, -0.2) is 15.0 Å². The van der Waals surface area contributed by atoms with Crippen molar-refractivity contribution >= 4 is 11.3 Å². The number of thiophene rings is 1. The topological polar surface area (TPSA) is 38.7 Å². The van der Waals surface area contributed by atoms with Gasteiger partial charge in [-0.3, -0.25) is 0 Å². The van der Waals surface area contributed by atoms with E-state index in [2.05, 4.69) is 127 Å². The highest BCUT2D eigenvalue weighted by atomic mass is 32.1. The quantitative estimate of drug-likeness (QED) is 0.179. The lowest BCUT2D eigenvalue weighted by molar-refractivity contribution is 0.798. The molecule has 0 fully saturated rings. The minimum Gasteiger partial charge on any atom is -0.208 e. The zero-order chi connectivity index (χ0) is 35.6. The molecule has 0 atom stereocenters. The summed E-state index contributed by atoms with van der Waals surface area (Å²) in [6, 6.07) is 67.2. The highest BCUT2D eigenvalue weighted by Gasteiger charge is 2.54. The molecule has 1 spiro atoms. The second-order valence-corrected chi connectivity index (χ2v) is 14.9. The number of hydrogen-bond acceptors (Lipinski definition) is 4. The predicted molar refractivity (Wildman–Crippen MR) is 221 cm³/mol. The van der Waals surface area contributed by atoms with Crippen LogP contribution >= 0.6 is 11.3 Å². The average molecular weight is 706 g/mol. The second kappa shape index (κ2) is 12.2. The van der Waals surface area contributed by atoms with Crippen LogP contribution < -0.4 is 0 Å². The summed E-state index contributed by atoms with van der Waals surface area (Å²) in [5.41, 5.74) is 15.5. The molecule has 0 unspecified atom stereocenters. The molecule has 0 amide bonds. The van der Waals surface area contributed by atoms with Crippen LogP contribution in [0.15, 0.2) is 188 Å². The lowest BCUT2D eigenvalue weighted by atomic mass is 9.70. The molecule has 0 radical (unpaired) electrons. The van der Waals surface area contributed by atoms with Gasteiger partial charge in [-0.15, -0.1) is 11.3 Å². The molecule has 0 N–H and O–H groups in total. The maximum atomic E-state index is 5.02. The molecule has 2 aliphatic rings. The molecule has 2 aliphatic carbocycles. The van der Waals surface area contributed by atoms with Crippen LogP contribution in [-0.4, -0.2) is 15.0 Å². The van der Waals surface area contributed by atoms with Gasteiger partial charge in [0.25, 0.3) is 0 Å². The third kappa shape index (κ3) is 4.50. The van der Waals surface area contributed by atoms with E-state index in [9.17, 15) is 0 Å². The third-order valence-corrected chi connectivity index (χ3v) is 12.3. The smallest absolute Gasteiger partial charge is 0.164 e. The minimum atomic E-state index is -0.444. The van der Waals surface area contributed by atoms with Crippen molar-refractivity contribution in [2.24, 2.45) is 0 Å². The fourth-order valence-electron chi connectivity index (χ4n) is 8.71. The van der Waals surface area contributed by atoms with Crippen molar-refractivity contribution in [2.75, 3.05) is 0 Å². The average Bonchev–Trinajstić information content (AvgIpc) is 3.89. The molecule has 11 rings (SSSR count). The molecule has 3 nitrogen and oxygen atoms in total. The summed E-state index contributed by atoms with van der Waals surface area (Å²) in [6.07, 6.45) is 0. The van der Waals surface area contributed by atoms with Crippen LogP contribution in [0.2, 0.25) is 0 Å². The molecular formula is C50H31N3S. The molecule has 9 aromatic rings. The van der Waals surface area contributed by atoms with E-state index in [1.807, 2.05) is 72.0 Å². The van der Waals surface area contributed by atoms with Crippen molar-refractivity contribution < 1.29 is 0 Å². The molecule has 7 aromatic carbocycles. The van der Waals surface area contributed by atoms with Crippen LogP contribution in [-0.2, 0) is 5.41 Å². The first-order valence-electron chi connectivity index (χ1n) is 18.3. The Hall–Kier alpha value is -6.75. The van der Waals surface area contributed by atoms with Crippen molar-refractivity contribution in [3.05, 3.63) is 210 Å². The van der Waals surface area contributed by atoms with Crippen LogP contribution in [0.3, 0.4) is 0 Å². The molecule has 54 heavy (non-hydrogen) atoms. The lowest BCUT2D eigenvalue weighted by Gasteiger charge is -2.31. The molecule has 0 saturated carbocycles. The number of hydrogen-bond donors (Lipinski definition) is 0. The third-order valence-electron chi connectivity index (χ3n) is 11.0. The van der Waals surface area contributed by atoms with Gasteiger partial charge in [-0.2, -0.15) is 0 Å². The van der Waals surface area contributed by atoms with E-state index in [1.54, 1.807) is 0 Å². The number of benzene rings is 7. The summed E-state index contributed by atoms with van der Waals surface area (Å²) in [5, 5.41) is 0. The Balaban J connectivity index is 1.14. The zero-order valence-corrected chi connectivity index (χ0v) is 30.0. The van der Waals surface area contributed by atoms with E-state index in [0.29, 0.717) is 17.5 Å². The predicted octanol–water partition coefficient (Wildman–Crippen LogP) is 12.6. The summed E-state index contributed by atoms with van der Waals surface area (Å²) < 4.78 is 0. The van der Waals surface area contributed by atoms with Gasteiger partial charge in [-0.1, -0.05) is 188 Å². The monoisotopic (exact) mass is 705 g/mol. The highest BCUT2D eigenvalue weighted by molar-refractivity contribution is 7.19. The number of rotatable bonds is 5. The summed E-state index contributed by atoms with van der Waals surface area (Å²) in [5.74, 6) is 1.97. The van der Waals surface area contributed by atoms with Crippen LogP contribution in [0, 0.1) is 0 Å². The Morgan fingerprint density at radius 2 is 0.667 bits per heavy atom. The SMILES string of the molecule is c1ccc(-c2nc(-c3ccccc3)nc(-c3ccc(-c4sc(-c5ccccc5)c5c4C4(c6ccccc6-c6ccccc64)c4ccccc4-5)cc3)n2)cc1. The Bertz CT molecular complexity index is 2760. The minimum absolute atomic E-state index is 0.444. The van der Waals surface area contributed by atoms with Crippen molar-refractivity contribution in [1.82, 2.24) is 15.0 Å². The van der Waals surface area contributed by atoms with Gasteiger partial charge in [-0.05, 0) is 50.1 Å². The van der Waals surface area contributed by atoms with E-state index in [-0.39, 0.29) is 0 Å². The van der Waals surface area contributed by atoms with E-state index < -0.39 is 5.41 Å². The van der Waals surface area contributed by atoms with Gasteiger partial charge in [0.1, 0.15) is 0 Å². The molecule has 2 heterocycles. The summed E-state index contributed by atoms with van der Waals surface area (Å²) >= 11 is 1.90. The van der Waals surface area contributed by atoms with Crippen molar-refractivity contribution in [3.63, 3.8) is 0 Å². The standard InChI is InChI=1S/C50H31N3S/c1-4-16-32(17-5-1)45-43-39-24-12-15-27-42(39)50(40-25-13-10-22-37(40)38-23-11-14-26-41(38)50)44(43)46(54-45)33-28-30-36(31-29-33)49-52-47(34-18-6-2-7-19-34)51-48(53-49)35-20-8-3-9-21-35/h1-31H. The normalized spacial score (nSPS) is 13.0. The zero-order valence-electron chi connectivity index (χ0n) is 29.1. The first-order chi connectivity index (χ1) is 26.8. The Morgan fingerprint density at radius 1 is 0.315 bits per heavy atom. The van der Waals surface area contributed by atoms with E-state index in [4.69, 9.17) is 15.0 Å². The van der Waals surface area contributed by atoms with Gasteiger partial charge in [0.05, 0.1) is 5.41 Å². The van der Waals surface area contributed by atoms with Crippen LogP contribution in [0.4, 0.5) is 0 Å². The summed E-state index contributed by atoms with van der Waals surface area (Å²) in [4.78, 5) is 17.5. The van der Waals surface area contributed by atoms with Crippen molar-refractivity contribution in [2.45, 2.75) is 5.41 Å². The number of nitrogens with zero attached hydrogens (tertiary/aromatic N) is 3. The van der Waals surface area contributed by atoms with Crippen molar-refractivity contribution in [1.29, 1.82) is 0 Å².